The van der Waals surface area contributed by atoms with Gasteiger partial charge in [0.05, 0.1) is 6.04 Å². The number of ether oxygens (including phenoxy) is 3. The second kappa shape index (κ2) is 9.10. The van der Waals surface area contributed by atoms with Crippen molar-refractivity contribution in [1.82, 2.24) is 10.3 Å². The van der Waals surface area contributed by atoms with E-state index in [9.17, 15) is 4.79 Å². The van der Waals surface area contributed by atoms with Gasteiger partial charge in [0, 0.05) is 12.3 Å². The normalized spacial score (nSPS) is 13.4. The zero-order valence-corrected chi connectivity index (χ0v) is 15.9. The second-order valence-corrected chi connectivity index (χ2v) is 6.67. The van der Waals surface area contributed by atoms with Crippen molar-refractivity contribution in [3.8, 4) is 17.4 Å². The number of rotatable bonds is 7. The molecule has 6 nitrogen and oxygen atoms in total. The highest BCUT2D eigenvalue weighted by molar-refractivity contribution is 5.78. The molecule has 1 aliphatic rings. The highest BCUT2D eigenvalue weighted by Crippen LogP contribution is 2.33. The molecule has 3 aromatic rings. The number of carbonyl (C=O) groups is 1. The van der Waals surface area contributed by atoms with Gasteiger partial charge in [-0.25, -0.2) is 4.98 Å². The third-order valence-electron chi connectivity index (χ3n) is 4.58. The molecule has 0 spiro atoms. The summed E-state index contributed by atoms with van der Waals surface area (Å²) in [6, 6.07) is 20.9. The molecule has 6 heteroatoms. The number of nitrogens with one attached hydrogen (secondary N) is 1. The van der Waals surface area contributed by atoms with Crippen LogP contribution >= 0.6 is 0 Å². The predicted molar refractivity (Wildman–Crippen MR) is 108 cm³/mol. The van der Waals surface area contributed by atoms with Crippen LogP contribution in [0.4, 0.5) is 0 Å². The molecule has 1 amide bonds. The van der Waals surface area contributed by atoms with E-state index in [0.29, 0.717) is 31.3 Å². The first-order valence-electron chi connectivity index (χ1n) is 9.54. The van der Waals surface area contributed by atoms with Gasteiger partial charge in [-0.1, -0.05) is 42.5 Å². The monoisotopic (exact) mass is 390 g/mol. The van der Waals surface area contributed by atoms with Gasteiger partial charge in [0.1, 0.15) is 13.2 Å². The van der Waals surface area contributed by atoms with Crippen LogP contribution < -0.4 is 19.5 Å². The minimum absolute atomic E-state index is 0.104. The van der Waals surface area contributed by atoms with E-state index in [1.807, 2.05) is 54.6 Å². The van der Waals surface area contributed by atoms with Crippen LogP contribution in [0.2, 0.25) is 0 Å². The Morgan fingerprint density at radius 3 is 2.59 bits per heavy atom. The summed E-state index contributed by atoms with van der Waals surface area (Å²) >= 11 is 0. The first kappa shape index (κ1) is 18.8. The van der Waals surface area contributed by atoms with E-state index in [0.717, 1.165) is 16.9 Å². The van der Waals surface area contributed by atoms with Crippen molar-refractivity contribution in [3.05, 3.63) is 84.1 Å². The van der Waals surface area contributed by atoms with E-state index in [1.165, 1.54) is 0 Å². The molecule has 1 aliphatic heterocycles. The molecule has 29 heavy (non-hydrogen) atoms. The van der Waals surface area contributed by atoms with Gasteiger partial charge in [-0.3, -0.25) is 4.79 Å². The number of benzene rings is 2. The van der Waals surface area contributed by atoms with Gasteiger partial charge in [-0.2, -0.15) is 0 Å². The highest BCUT2D eigenvalue weighted by Gasteiger charge is 2.19. The molecule has 4 rings (SSSR count). The Balaban J connectivity index is 1.49. The van der Waals surface area contributed by atoms with Crippen LogP contribution in [-0.4, -0.2) is 30.7 Å². The van der Waals surface area contributed by atoms with Crippen molar-refractivity contribution in [2.24, 2.45) is 0 Å². The fraction of sp³-hybridized carbons (Fsp3) is 0.217. The number of hydrogen-bond donors (Lipinski definition) is 1. The maximum atomic E-state index is 12.6. The minimum atomic E-state index is -0.229. The average Bonchev–Trinajstić information content (AvgIpc) is 2.78. The van der Waals surface area contributed by atoms with E-state index in [2.05, 4.69) is 10.3 Å². The first-order chi connectivity index (χ1) is 14.3. The summed E-state index contributed by atoms with van der Waals surface area (Å²) in [7, 11) is 0. The van der Waals surface area contributed by atoms with Gasteiger partial charge in [0.2, 0.25) is 5.88 Å². The fourth-order valence-corrected chi connectivity index (χ4v) is 3.19. The maximum Gasteiger partial charge on any atom is 0.258 e. The molecule has 0 saturated heterocycles. The Morgan fingerprint density at radius 1 is 1.00 bits per heavy atom. The molecule has 0 aliphatic carbocycles. The molecule has 1 N–H and O–H groups in total. The van der Waals surface area contributed by atoms with Crippen molar-refractivity contribution < 1.29 is 19.0 Å². The van der Waals surface area contributed by atoms with E-state index < -0.39 is 0 Å². The molecule has 2 aromatic carbocycles. The maximum absolute atomic E-state index is 12.6. The lowest BCUT2D eigenvalue weighted by Gasteiger charge is -2.23. The Morgan fingerprint density at radius 2 is 1.79 bits per heavy atom. The number of fused-ring (bicyclic) bond motifs is 1. The topological polar surface area (TPSA) is 69.7 Å². The summed E-state index contributed by atoms with van der Waals surface area (Å²) in [4.78, 5) is 16.6. The highest BCUT2D eigenvalue weighted by atomic mass is 16.6. The molecule has 0 fully saturated rings. The Kier molecular flexibility index (Phi) is 5.90. The number of carbonyl (C=O) groups excluding carboxylic acids is 1. The van der Waals surface area contributed by atoms with Gasteiger partial charge < -0.3 is 19.5 Å². The second-order valence-electron chi connectivity index (χ2n) is 6.67. The van der Waals surface area contributed by atoms with Crippen LogP contribution in [0.1, 0.15) is 17.2 Å². The molecule has 2 heterocycles. The molecule has 0 unspecified atom stereocenters. The van der Waals surface area contributed by atoms with Crippen molar-refractivity contribution >= 4 is 5.91 Å². The van der Waals surface area contributed by atoms with Crippen LogP contribution in [0.25, 0.3) is 0 Å². The van der Waals surface area contributed by atoms with E-state index in [-0.39, 0.29) is 18.6 Å². The summed E-state index contributed by atoms with van der Waals surface area (Å²) < 4.78 is 16.8. The molecule has 1 atom stereocenters. The third kappa shape index (κ3) is 5.04. The van der Waals surface area contributed by atoms with Crippen molar-refractivity contribution in [2.45, 2.75) is 12.5 Å². The Labute approximate surface area is 169 Å². The van der Waals surface area contributed by atoms with Gasteiger partial charge >= 0.3 is 0 Å². The Bertz CT molecular complexity index is 948. The van der Waals surface area contributed by atoms with Crippen LogP contribution in [-0.2, 0) is 11.2 Å². The average molecular weight is 390 g/mol. The molecule has 148 valence electrons. The summed E-state index contributed by atoms with van der Waals surface area (Å²) in [5, 5.41) is 3.07. The summed E-state index contributed by atoms with van der Waals surface area (Å²) in [6.07, 6.45) is 2.27. The minimum Gasteiger partial charge on any atom is -0.486 e. The van der Waals surface area contributed by atoms with E-state index in [4.69, 9.17) is 14.2 Å². The van der Waals surface area contributed by atoms with E-state index in [1.54, 1.807) is 18.3 Å². The van der Waals surface area contributed by atoms with Gasteiger partial charge in [-0.15, -0.1) is 0 Å². The lowest BCUT2D eigenvalue weighted by atomic mass is 9.98. The zero-order valence-electron chi connectivity index (χ0n) is 15.9. The number of amides is 1. The quantitative estimate of drug-likeness (QED) is 0.670. The molecule has 0 saturated carbocycles. The van der Waals surface area contributed by atoms with Gasteiger partial charge in [0.15, 0.2) is 18.1 Å². The van der Waals surface area contributed by atoms with Gasteiger partial charge in [-0.05, 0) is 35.7 Å². The third-order valence-corrected chi connectivity index (χ3v) is 4.58. The molecular formula is C23H22N2O4. The molecule has 0 bridgehead atoms. The SMILES string of the molecule is O=C(COc1ccccn1)N[C@H](Cc1ccccc1)c1ccc2c(c1)OCCO2. The first-order valence-corrected chi connectivity index (χ1v) is 9.54. The smallest absolute Gasteiger partial charge is 0.258 e. The standard InChI is InChI=1S/C23H22N2O4/c26-22(16-29-23-8-4-5-11-24-23)25-19(14-17-6-2-1-3-7-17)18-9-10-20-21(15-18)28-13-12-27-20/h1-11,15,19H,12-14,16H2,(H,25,26)/t19-/m1/s1. The predicted octanol–water partition coefficient (Wildman–Crippen LogP) is 3.33. The summed E-state index contributed by atoms with van der Waals surface area (Å²) in [6.45, 7) is 0.957. The van der Waals surface area contributed by atoms with Crippen molar-refractivity contribution in [2.75, 3.05) is 19.8 Å². The molecule has 0 radical (unpaired) electrons. The van der Waals surface area contributed by atoms with Crippen LogP contribution in [0.15, 0.2) is 72.9 Å². The summed E-state index contributed by atoms with van der Waals surface area (Å²) in [5.74, 6) is 1.63. The van der Waals surface area contributed by atoms with Crippen molar-refractivity contribution in [3.63, 3.8) is 0 Å². The lowest BCUT2D eigenvalue weighted by molar-refractivity contribution is -0.123. The van der Waals surface area contributed by atoms with Crippen LogP contribution in [0, 0.1) is 0 Å². The fourth-order valence-electron chi connectivity index (χ4n) is 3.19. The Hall–Kier alpha value is -3.54. The van der Waals surface area contributed by atoms with Crippen LogP contribution in [0.5, 0.6) is 17.4 Å². The molecular weight excluding hydrogens is 368 g/mol. The number of hydrogen-bond acceptors (Lipinski definition) is 5. The zero-order chi connectivity index (χ0) is 19.9. The van der Waals surface area contributed by atoms with Crippen molar-refractivity contribution in [1.29, 1.82) is 0 Å². The number of nitrogens with zero attached hydrogens (tertiary/aromatic N) is 1. The largest absolute Gasteiger partial charge is 0.486 e. The molecule has 1 aromatic heterocycles. The lowest BCUT2D eigenvalue weighted by Crippen LogP contribution is -2.34. The number of aromatic nitrogens is 1. The van der Waals surface area contributed by atoms with Crippen LogP contribution in [0.3, 0.4) is 0 Å². The van der Waals surface area contributed by atoms with E-state index >= 15 is 0 Å². The van der Waals surface area contributed by atoms with Gasteiger partial charge in [0.25, 0.3) is 5.91 Å². The number of pyridine rings is 1. The summed E-state index contributed by atoms with van der Waals surface area (Å²) in [5.41, 5.74) is 2.07.